The molecule has 1 aliphatic carbocycles. The first-order valence-electron chi connectivity index (χ1n) is 8.87. The maximum absolute atomic E-state index is 12.7. The lowest BCUT2D eigenvalue weighted by atomic mass is 9.83. The van der Waals surface area contributed by atoms with Gasteiger partial charge in [-0.05, 0) is 56.4 Å². The van der Waals surface area contributed by atoms with Crippen LogP contribution in [0.3, 0.4) is 0 Å². The number of nitrogens with one attached hydrogen (secondary N) is 1. The van der Waals surface area contributed by atoms with E-state index in [-0.39, 0.29) is 28.9 Å². The Labute approximate surface area is 153 Å². The third kappa shape index (κ3) is 3.72. The number of aromatic hydroxyl groups is 2. The minimum absolute atomic E-state index is 0.0414. The first-order valence-corrected chi connectivity index (χ1v) is 8.87. The van der Waals surface area contributed by atoms with Crippen LogP contribution in [-0.2, 0) is 6.54 Å². The van der Waals surface area contributed by atoms with Crippen molar-refractivity contribution in [3.8, 4) is 11.5 Å². The average molecular weight is 352 g/mol. The standard InChI is InChI=1S/C21H24N2O3/c1-13-5-3-7-16(9-13)19-17(24)10-14(2)18(20(19)25)21(26)23-12-15-6-4-8-22-11-15/h4,6,8-11,16,24-25H,3,5,7,12H2,1-2H3,(H,23,26). The number of phenolic OH excluding ortho intramolecular Hbond substituents is 2. The van der Waals surface area contributed by atoms with Gasteiger partial charge < -0.3 is 15.5 Å². The molecule has 1 aliphatic rings. The highest BCUT2D eigenvalue weighted by molar-refractivity contribution is 5.99. The number of hydrogen-bond acceptors (Lipinski definition) is 4. The highest BCUT2D eigenvalue weighted by Gasteiger charge is 2.26. The molecule has 5 heteroatoms. The molecule has 0 radical (unpaired) electrons. The molecule has 1 heterocycles. The van der Waals surface area contributed by atoms with E-state index >= 15 is 0 Å². The van der Waals surface area contributed by atoms with Crippen molar-refractivity contribution in [1.82, 2.24) is 10.3 Å². The fraction of sp³-hybridized carbons (Fsp3) is 0.333. The number of hydrogen-bond donors (Lipinski definition) is 3. The van der Waals surface area contributed by atoms with Gasteiger partial charge in [-0.3, -0.25) is 9.78 Å². The summed E-state index contributed by atoms with van der Waals surface area (Å²) in [6.07, 6.45) is 8.31. The van der Waals surface area contributed by atoms with Crippen molar-refractivity contribution in [1.29, 1.82) is 0 Å². The van der Waals surface area contributed by atoms with Gasteiger partial charge in [0.15, 0.2) is 0 Å². The summed E-state index contributed by atoms with van der Waals surface area (Å²) in [7, 11) is 0. The number of amides is 1. The molecule has 136 valence electrons. The smallest absolute Gasteiger partial charge is 0.255 e. The molecule has 26 heavy (non-hydrogen) atoms. The van der Waals surface area contributed by atoms with Crippen LogP contribution in [0.25, 0.3) is 0 Å². The number of aryl methyl sites for hydroxylation is 1. The third-order valence-corrected chi connectivity index (χ3v) is 4.86. The summed E-state index contributed by atoms with van der Waals surface area (Å²) >= 11 is 0. The number of phenols is 2. The van der Waals surface area contributed by atoms with Crippen molar-refractivity contribution >= 4 is 5.91 Å². The van der Waals surface area contributed by atoms with Gasteiger partial charge in [-0.25, -0.2) is 0 Å². The molecule has 2 aromatic rings. The Kier molecular flexibility index (Phi) is 5.26. The van der Waals surface area contributed by atoms with Gasteiger partial charge in [-0.1, -0.05) is 17.7 Å². The molecule has 5 nitrogen and oxygen atoms in total. The van der Waals surface area contributed by atoms with Crippen LogP contribution in [-0.4, -0.2) is 21.1 Å². The number of pyridine rings is 1. The van der Waals surface area contributed by atoms with Crippen LogP contribution in [0.4, 0.5) is 0 Å². The Morgan fingerprint density at radius 1 is 1.35 bits per heavy atom. The van der Waals surface area contributed by atoms with Crippen molar-refractivity contribution < 1.29 is 15.0 Å². The van der Waals surface area contributed by atoms with Gasteiger partial charge >= 0.3 is 0 Å². The van der Waals surface area contributed by atoms with Crippen LogP contribution in [0.2, 0.25) is 0 Å². The number of carbonyl (C=O) groups is 1. The first-order chi connectivity index (χ1) is 12.5. The van der Waals surface area contributed by atoms with E-state index in [0.717, 1.165) is 24.8 Å². The van der Waals surface area contributed by atoms with E-state index in [1.165, 1.54) is 5.57 Å². The summed E-state index contributed by atoms with van der Waals surface area (Å²) in [5.41, 5.74) is 3.33. The lowest BCUT2D eigenvalue weighted by Gasteiger charge is -2.23. The van der Waals surface area contributed by atoms with E-state index in [9.17, 15) is 15.0 Å². The quantitative estimate of drug-likeness (QED) is 0.728. The fourth-order valence-electron chi connectivity index (χ4n) is 3.56. The Bertz CT molecular complexity index is 844. The minimum Gasteiger partial charge on any atom is -0.507 e. The number of nitrogens with zero attached hydrogens (tertiary/aromatic N) is 1. The number of allylic oxidation sites excluding steroid dienone is 2. The second-order valence-corrected chi connectivity index (χ2v) is 6.91. The molecule has 0 saturated heterocycles. The van der Waals surface area contributed by atoms with Crippen molar-refractivity contribution in [2.24, 2.45) is 0 Å². The summed E-state index contributed by atoms with van der Waals surface area (Å²) < 4.78 is 0. The number of carbonyl (C=O) groups excluding carboxylic acids is 1. The second-order valence-electron chi connectivity index (χ2n) is 6.91. The van der Waals surface area contributed by atoms with E-state index in [1.54, 1.807) is 31.5 Å². The highest BCUT2D eigenvalue weighted by Crippen LogP contribution is 2.43. The largest absolute Gasteiger partial charge is 0.507 e. The minimum atomic E-state index is -0.360. The van der Waals surface area contributed by atoms with Crippen LogP contribution in [0, 0.1) is 6.92 Å². The van der Waals surface area contributed by atoms with Crippen molar-refractivity contribution in [3.05, 3.63) is 64.5 Å². The third-order valence-electron chi connectivity index (χ3n) is 4.86. The van der Waals surface area contributed by atoms with Gasteiger partial charge in [0.05, 0.1) is 5.56 Å². The van der Waals surface area contributed by atoms with E-state index in [0.29, 0.717) is 17.7 Å². The molecule has 3 rings (SSSR count). The van der Waals surface area contributed by atoms with Gasteiger partial charge in [0.25, 0.3) is 5.91 Å². The van der Waals surface area contributed by atoms with Crippen LogP contribution in [0.5, 0.6) is 11.5 Å². The van der Waals surface area contributed by atoms with Crippen LogP contribution in [0.15, 0.2) is 42.2 Å². The molecule has 1 unspecified atom stereocenters. The van der Waals surface area contributed by atoms with Gasteiger partial charge in [-0.15, -0.1) is 0 Å². The monoisotopic (exact) mass is 352 g/mol. The lowest BCUT2D eigenvalue weighted by molar-refractivity contribution is 0.0947. The summed E-state index contributed by atoms with van der Waals surface area (Å²) in [6, 6.07) is 5.24. The summed E-state index contributed by atoms with van der Waals surface area (Å²) in [5.74, 6) is -0.516. The maximum atomic E-state index is 12.7. The SMILES string of the molecule is CC1=CC(c2c(O)cc(C)c(C(=O)NCc3cccnc3)c2O)CCC1. The number of rotatable bonds is 4. The Morgan fingerprint density at radius 2 is 2.15 bits per heavy atom. The van der Waals surface area contributed by atoms with E-state index < -0.39 is 0 Å². The zero-order valence-electron chi connectivity index (χ0n) is 15.1. The van der Waals surface area contributed by atoms with Crippen LogP contribution < -0.4 is 5.32 Å². The van der Waals surface area contributed by atoms with Crippen molar-refractivity contribution in [2.75, 3.05) is 0 Å². The van der Waals surface area contributed by atoms with Gasteiger partial charge in [0.2, 0.25) is 0 Å². The summed E-state index contributed by atoms with van der Waals surface area (Å²) in [6.45, 7) is 4.09. The highest BCUT2D eigenvalue weighted by atomic mass is 16.3. The molecule has 1 aromatic heterocycles. The maximum Gasteiger partial charge on any atom is 0.255 e. The van der Waals surface area contributed by atoms with Crippen LogP contribution in [0.1, 0.15) is 59.2 Å². The van der Waals surface area contributed by atoms with Gasteiger partial charge in [0.1, 0.15) is 11.5 Å². The summed E-state index contributed by atoms with van der Waals surface area (Å²) in [5, 5.41) is 24.0. The van der Waals surface area contributed by atoms with Crippen molar-refractivity contribution in [3.63, 3.8) is 0 Å². The second kappa shape index (κ2) is 7.60. The van der Waals surface area contributed by atoms with Crippen molar-refractivity contribution in [2.45, 2.75) is 45.6 Å². The molecule has 1 atom stereocenters. The molecule has 1 amide bonds. The topological polar surface area (TPSA) is 82.5 Å². The van der Waals surface area contributed by atoms with E-state index in [4.69, 9.17) is 0 Å². The van der Waals surface area contributed by atoms with E-state index in [2.05, 4.69) is 23.3 Å². The predicted molar refractivity (Wildman–Crippen MR) is 100 cm³/mol. The first kappa shape index (κ1) is 18.0. The molecule has 0 fully saturated rings. The number of benzene rings is 1. The normalized spacial score (nSPS) is 16.8. The predicted octanol–water partition coefficient (Wildman–Crippen LogP) is 3.95. The van der Waals surface area contributed by atoms with Gasteiger partial charge in [0, 0.05) is 30.4 Å². The Balaban J connectivity index is 1.90. The molecule has 0 aliphatic heterocycles. The average Bonchev–Trinajstić information content (AvgIpc) is 2.60. The van der Waals surface area contributed by atoms with Gasteiger partial charge in [-0.2, -0.15) is 0 Å². The zero-order valence-corrected chi connectivity index (χ0v) is 15.1. The molecule has 0 spiro atoms. The molecular weight excluding hydrogens is 328 g/mol. The zero-order chi connectivity index (χ0) is 18.7. The molecule has 1 aromatic carbocycles. The molecule has 3 N–H and O–H groups in total. The molecule has 0 bridgehead atoms. The summed E-state index contributed by atoms with van der Waals surface area (Å²) in [4.78, 5) is 16.7. The number of aromatic nitrogens is 1. The fourth-order valence-corrected chi connectivity index (χ4v) is 3.56. The Hall–Kier alpha value is -2.82. The molecule has 0 saturated carbocycles. The van der Waals surface area contributed by atoms with E-state index in [1.807, 2.05) is 6.07 Å². The molecular formula is C21H24N2O3. The Morgan fingerprint density at radius 3 is 2.85 bits per heavy atom. The van der Waals surface area contributed by atoms with Crippen LogP contribution >= 0.6 is 0 Å². The lowest BCUT2D eigenvalue weighted by Crippen LogP contribution is -2.24.